The molecule has 0 radical (unpaired) electrons. The van der Waals surface area contributed by atoms with Gasteiger partial charge in [0.05, 0.1) is 18.9 Å². The molecule has 3 fully saturated rings. The number of hydrogen-bond donors (Lipinski definition) is 2. The van der Waals surface area contributed by atoms with Crippen molar-refractivity contribution in [3.05, 3.63) is 48.0 Å². The van der Waals surface area contributed by atoms with Crippen molar-refractivity contribution in [1.29, 1.82) is 0 Å². The van der Waals surface area contributed by atoms with Crippen molar-refractivity contribution in [3.63, 3.8) is 0 Å². The van der Waals surface area contributed by atoms with E-state index < -0.39 is 0 Å². The van der Waals surface area contributed by atoms with Gasteiger partial charge in [-0.15, -0.1) is 11.3 Å². The van der Waals surface area contributed by atoms with Gasteiger partial charge in [-0.3, -0.25) is 4.90 Å². The predicted octanol–water partition coefficient (Wildman–Crippen LogP) is 4.61. The molecule has 6 heterocycles. The monoisotopic (exact) mass is 491 g/mol. The number of H-pyrrole nitrogens is 1. The minimum Gasteiger partial charge on any atom is -0.378 e. The van der Waals surface area contributed by atoms with Crippen LogP contribution in [0, 0.1) is 11.2 Å². The minimum absolute atomic E-state index is 0.219. The first kappa shape index (κ1) is 21.7. The lowest BCUT2D eigenvalue weighted by atomic mass is 9.87. The molecule has 3 aliphatic rings. The van der Waals surface area contributed by atoms with Crippen LogP contribution in [0.3, 0.4) is 0 Å². The molecule has 0 bridgehead atoms. The summed E-state index contributed by atoms with van der Waals surface area (Å²) in [5.41, 5.74) is 3.34. The van der Waals surface area contributed by atoms with Crippen LogP contribution in [0.4, 0.5) is 10.2 Å². The van der Waals surface area contributed by atoms with E-state index in [0.29, 0.717) is 5.41 Å². The number of nitrogens with zero attached hydrogens (tertiary/aromatic N) is 3. The number of rotatable bonds is 4. The second kappa shape index (κ2) is 8.55. The molecule has 1 atom stereocenters. The highest BCUT2D eigenvalue weighted by Gasteiger charge is 2.40. The molecule has 4 aromatic rings. The largest absolute Gasteiger partial charge is 0.378 e. The predicted molar refractivity (Wildman–Crippen MR) is 140 cm³/mol. The normalized spacial score (nSPS) is 23.4. The number of hydrogen-bond acceptors (Lipinski definition) is 6. The number of pyridine rings is 1. The zero-order valence-corrected chi connectivity index (χ0v) is 20.6. The van der Waals surface area contributed by atoms with Crippen LogP contribution in [0.25, 0.3) is 31.4 Å². The first-order valence-corrected chi connectivity index (χ1v) is 13.4. The van der Waals surface area contributed by atoms with Gasteiger partial charge in [0.2, 0.25) is 0 Å². The number of nitrogens with one attached hydrogen (secondary N) is 2. The van der Waals surface area contributed by atoms with E-state index in [2.05, 4.69) is 32.2 Å². The van der Waals surface area contributed by atoms with Gasteiger partial charge in [-0.25, -0.2) is 9.37 Å². The Balaban J connectivity index is 1.29. The van der Waals surface area contributed by atoms with Gasteiger partial charge >= 0.3 is 0 Å². The highest BCUT2D eigenvalue weighted by atomic mass is 32.1. The standard InChI is InChI=1S/C27H30FN5OS/c28-18-11-21(20-1-4-30-23(20)12-18)25-14-22-24(35-25)13-19(31-26(22)33-7-9-34-10-8-33)15-32-6-3-27(17-32)2-5-29-16-27/h1,4,11-14,29-30H,2-3,5-10,15-17H2. The molecule has 35 heavy (non-hydrogen) atoms. The van der Waals surface area contributed by atoms with Gasteiger partial charge < -0.3 is 19.9 Å². The number of halogens is 1. The van der Waals surface area contributed by atoms with Crippen molar-refractivity contribution < 1.29 is 9.13 Å². The number of anilines is 1. The Morgan fingerprint density at radius 1 is 1.09 bits per heavy atom. The van der Waals surface area contributed by atoms with Crippen molar-refractivity contribution in [1.82, 2.24) is 20.2 Å². The van der Waals surface area contributed by atoms with E-state index in [1.54, 1.807) is 23.5 Å². The van der Waals surface area contributed by atoms with Crippen LogP contribution in [-0.2, 0) is 11.3 Å². The van der Waals surface area contributed by atoms with E-state index >= 15 is 0 Å². The number of morpholine rings is 1. The van der Waals surface area contributed by atoms with Gasteiger partial charge in [-0.05, 0) is 61.7 Å². The highest BCUT2D eigenvalue weighted by molar-refractivity contribution is 7.22. The number of aromatic nitrogens is 2. The van der Waals surface area contributed by atoms with Crippen molar-refractivity contribution in [2.75, 3.05) is 57.4 Å². The van der Waals surface area contributed by atoms with Gasteiger partial charge in [0.25, 0.3) is 0 Å². The summed E-state index contributed by atoms with van der Waals surface area (Å²) in [7, 11) is 0. The van der Waals surface area contributed by atoms with Crippen molar-refractivity contribution in [2.45, 2.75) is 19.4 Å². The highest BCUT2D eigenvalue weighted by Crippen LogP contribution is 2.42. The molecule has 3 aliphatic heterocycles. The molecule has 7 rings (SSSR count). The lowest BCUT2D eigenvalue weighted by Gasteiger charge is -2.29. The molecular weight excluding hydrogens is 461 g/mol. The average molecular weight is 492 g/mol. The molecule has 6 nitrogen and oxygen atoms in total. The summed E-state index contributed by atoms with van der Waals surface area (Å²) in [5.74, 6) is 0.824. The lowest BCUT2D eigenvalue weighted by molar-refractivity contribution is 0.122. The smallest absolute Gasteiger partial charge is 0.137 e. The Bertz CT molecular complexity index is 1390. The fraction of sp³-hybridized carbons (Fsp3) is 0.444. The van der Waals surface area contributed by atoms with Crippen LogP contribution < -0.4 is 10.2 Å². The first-order valence-electron chi connectivity index (χ1n) is 12.6. The topological polar surface area (TPSA) is 56.4 Å². The first-order chi connectivity index (χ1) is 17.2. The Labute approximate surface area is 208 Å². The molecular formula is C27H30FN5OS. The summed E-state index contributed by atoms with van der Waals surface area (Å²) in [4.78, 5) is 14.4. The zero-order valence-electron chi connectivity index (χ0n) is 19.8. The van der Waals surface area contributed by atoms with Crippen LogP contribution in [0.5, 0.6) is 0 Å². The molecule has 2 N–H and O–H groups in total. The molecule has 182 valence electrons. The zero-order chi connectivity index (χ0) is 23.4. The van der Waals surface area contributed by atoms with Crippen LogP contribution in [-0.4, -0.2) is 67.4 Å². The second-order valence-corrected chi connectivity index (χ2v) is 11.4. The third-order valence-corrected chi connectivity index (χ3v) is 9.11. The van der Waals surface area contributed by atoms with Crippen molar-refractivity contribution in [3.8, 4) is 10.4 Å². The van der Waals surface area contributed by atoms with Crippen molar-refractivity contribution in [2.24, 2.45) is 5.41 Å². The third-order valence-electron chi connectivity index (χ3n) is 7.99. The molecule has 0 aliphatic carbocycles. The van der Waals surface area contributed by atoms with Crippen LogP contribution >= 0.6 is 11.3 Å². The molecule has 0 amide bonds. The van der Waals surface area contributed by atoms with Gasteiger partial charge in [0.1, 0.15) is 11.6 Å². The Hall–Kier alpha value is -2.52. The Kier molecular flexibility index (Phi) is 5.31. The fourth-order valence-corrected chi connectivity index (χ4v) is 7.32. The van der Waals surface area contributed by atoms with Crippen LogP contribution in [0.1, 0.15) is 18.5 Å². The quantitative estimate of drug-likeness (QED) is 0.437. The number of benzene rings is 1. The summed E-state index contributed by atoms with van der Waals surface area (Å²) < 4.78 is 21.3. The molecule has 0 saturated carbocycles. The van der Waals surface area contributed by atoms with Crippen molar-refractivity contribution >= 4 is 38.1 Å². The van der Waals surface area contributed by atoms with Crippen LogP contribution in [0.2, 0.25) is 0 Å². The number of thiophene rings is 1. The summed E-state index contributed by atoms with van der Waals surface area (Å²) in [5, 5.41) is 5.76. The summed E-state index contributed by atoms with van der Waals surface area (Å²) in [6, 6.07) is 9.72. The number of aromatic amines is 1. The average Bonchev–Trinajstić information content (AvgIpc) is 3.67. The SMILES string of the molecule is Fc1cc(-c2cc3c(N4CCOCC4)nc(CN4CCC5(CCNC5)C4)cc3s2)c2cc[nH]c2c1. The second-order valence-electron chi connectivity index (χ2n) is 10.3. The lowest BCUT2D eigenvalue weighted by Crippen LogP contribution is -2.37. The van der Waals surface area contributed by atoms with Gasteiger partial charge in [0, 0.05) is 70.4 Å². The minimum atomic E-state index is -0.219. The maximum atomic E-state index is 14.4. The summed E-state index contributed by atoms with van der Waals surface area (Å²) >= 11 is 1.74. The van der Waals surface area contributed by atoms with E-state index in [1.165, 1.54) is 17.5 Å². The van der Waals surface area contributed by atoms with E-state index in [4.69, 9.17) is 9.72 Å². The van der Waals surface area contributed by atoms with E-state index in [0.717, 1.165) is 97.3 Å². The van der Waals surface area contributed by atoms with E-state index in [-0.39, 0.29) is 5.82 Å². The molecule has 3 aromatic heterocycles. The molecule has 1 aromatic carbocycles. The molecule has 1 spiro atoms. The molecule has 3 saturated heterocycles. The third kappa shape index (κ3) is 3.93. The summed E-state index contributed by atoms with van der Waals surface area (Å²) in [6.45, 7) is 8.59. The molecule has 8 heteroatoms. The number of likely N-dealkylation sites (tertiary alicyclic amines) is 1. The Morgan fingerprint density at radius 2 is 2.00 bits per heavy atom. The maximum absolute atomic E-state index is 14.4. The number of fused-ring (bicyclic) bond motifs is 2. The van der Waals surface area contributed by atoms with Gasteiger partial charge in [-0.2, -0.15) is 0 Å². The molecule has 1 unspecified atom stereocenters. The van der Waals surface area contributed by atoms with E-state index in [9.17, 15) is 4.39 Å². The number of ether oxygens (including phenoxy) is 1. The van der Waals surface area contributed by atoms with Gasteiger partial charge in [-0.1, -0.05) is 0 Å². The fourth-order valence-electron chi connectivity index (χ4n) is 6.17. The van der Waals surface area contributed by atoms with Gasteiger partial charge in [0.15, 0.2) is 0 Å². The van der Waals surface area contributed by atoms with E-state index in [1.807, 2.05) is 12.3 Å². The van der Waals surface area contributed by atoms with Crippen LogP contribution in [0.15, 0.2) is 36.5 Å². The summed E-state index contributed by atoms with van der Waals surface area (Å²) in [6.07, 6.45) is 4.43. The maximum Gasteiger partial charge on any atom is 0.137 e. The Morgan fingerprint density at radius 3 is 2.86 bits per heavy atom.